The van der Waals surface area contributed by atoms with Gasteiger partial charge in [0.1, 0.15) is 0 Å². The second kappa shape index (κ2) is 5.92. The van der Waals surface area contributed by atoms with E-state index in [0.717, 1.165) is 6.42 Å². The van der Waals surface area contributed by atoms with Gasteiger partial charge in [-0.1, -0.05) is 25.6 Å². The van der Waals surface area contributed by atoms with E-state index in [4.69, 9.17) is 5.11 Å². The summed E-state index contributed by atoms with van der Waals surface area (Å²) < 4.78 is 1.65. The molecule has 0 bridgehead atoms. The highest BCUT2D eigenvalue weighted by molar-refractivity contribution is 7.99. The van der Waals surface area contributed by atoms with Gasteiger partial charge in [-0.2, -0.15) is 0 Å². The largest absolute Gasteiger partial charge is 0.395 e. The summed E-state index contributed by atoms with van der Waals surface area (Å²) in [5.74, 6) is 0. The second-order valence-corrected chi connectivity index (χ2v) is 4.77. The number of aryl methyl sites for hydroxylation is 1. The van der Waals surface area contributed by atoms with E-state index in [1.165, 1.54) is 11.8 Å². The Hall–Kier alpha value is -0.810. The molecule has 1 rings (SSSR count). The van der Waals surface area contributed by atoms with Crippen LogP contribution in [-0.4, -0.2) is 26.5 Å². The molecule has 1 unspecified atom stereocenters. The molecule has 1 aromatic rings. The maximum absolute atomic E-state index is 11.8. The summed E-state index contributed by atoms with van der Waals surface area (Å²) in [6, 6.07) is 0. The van der Waals surface area contributed by atoms with Crippen molar-refractivity contribution in [3.63, 3.8) is 0 Å². The fourth-order valence-electron chi connectivity index (χ4n) is 1.15. The predicted molar refractivity (Wildman–Crippen MR) is 61.2 cm³/mol. The van der Waals surface area contributed by atoms with Gasteiger partial charge in [0.05, 0.1) is 6.61 Å². The number of hydrogen-bond donors (Lipinski definition) is 1. The molecule has 0 aromatic carbocycles. The average Bonchev–Trinajstić information content (AvgIpc) is 2.24. The van der Waals surface area contributed by atoms with Crippen molar-refractivity contribution in [1.29, 1.82) is 0 Å². The van der Waals surface area contributed by atoms with E-state index in [-0.39, 0.29) is 17.4 Å². The first-order chi connectivity index (χ1) is 7.19. The number of aliphatic hydroxyl groups excluding tert-OH is 1. The number of aromatic nitrogens is 2. The predicted octanol–water partition coefficient (Wildman–Crippen LogP) is 1.13. The Kier molecular flexibility index (Phi) is 4.84. The Bertz CT molecular complexity index is 365. The van der Waals surface area contributed by atoms with E-state index in [1.54, 1.807) is 17.0 Å². The van der Waals surface area contributed by atoms with Gasteiger partial charge >= 0.3 is 0 Å². The van der Waals surface area contributed by atoms with E-state index < -0.39 is 0 Å². The number of aliphatic hydroxyl groups is 1. The standard InChI is InChI=1S/C10H16N2O2S/c1-3-5-12-6-4-11-9(10(12)14)15-8(2)7-13/h4,6,8,13H,3,5,7H2,1-2H3. The van der Waals surface area contributed by atoms with Crippen LogP contribution in [0.25, 0.3) is 0 Å². The molecule has 0 fully saturated rings. The molecule has 15 heavy (non-hydrogen) atoms. The van der Waals surface area contributed by atoms with Gasteiger partial charge in [-0.05, 0) is 6.42 Å². The Balaban J connectivity index is 2.89. The smallest absolute Gasteiger partial charge is 0.283 e. The fourth-order valence-corrected chi connectivity index (χ4v) is 1.95. The zero-order valence-electron chi connectivity index (χ0n) is 9.01. The molecular weight excluding hydrogens is 212 g/mol. The van der Waals surface area contributed by atoms with Crippen molar-refractivity contribution in [1.82, 2.24) is 9.55 Å². The van der Waals surface area contributed by atoms with Crippen molar-refractivity contribution in [3.8, 4) is 0 Å². The third-order valence-electron chi connectivity index (χ3n) is 1.92. The normalized spacial score (nSPS) is 12.7. The number of rotatable bonds is 5. The van der Waals surface area contributed by atoms with Crippen LogP contribution in [0.5, 0.6) is 0 Å². The minimum absolute atomic E-state index is 0.00248. The lowest BCUT2D eigenvalue weighted by Crippen LogP contribution is -2.23. The van der Waals surface area contributed by atoms with Gasteiger partial charge < -0.3 is 9.67 Å². The van der Waals surface area contributed by atoms with Gasteiger partial charge in [0.15, 0.2) is 5.03 Å². The first-order valence-corrected chi connectivity index (χ1v) is 5.90. The molecule has 0 amide bonds. The quantitative estimate of drug-likeness (QED) is 0.767. The van der Waals surface area contributed by atoms with Crippen molar-refractivity contribution in [2.75, 3.05) is 6.61 Å². The summed E-state index contributed by atoms with van der Waals surface area (Å²) in [5.41, 5.74) is -0.0651. The molecule has 0 saturated carbocycles. The highest BCUT2D eigenvalue weighted by atomic mass is 32.2. The van der Waals surface area contributed by atoms with Gasteiger partial charge in [-0.25, -0.2) is 4.98 Å². The highest BCUT2D eigenvalue weighted by Crippen LogP contribution is 2.16. The first-order valence-electron chi connectivity index (χ1n) is 5.02. The van der Waals surface area contributed by atoms with Crippen LogP contribution in [0.4, 0.5) is 0 Å². The van der Waals surface area contributed by atoms with Crippen molar-refractivity contribution >= 4 is 11.8 Å². The van der Waals surface area contributed by atoms with Crippen LogP contribution in [0, 0.1) is 0 Å². The zero-order chi connectivity index (χ0) is 11.3. The Morgan fingerprint density at radius 3 is 3.00 bits per heavy atom. The van der Waals surface area contributed by atoms with Crippen molar-refractivity contribution in [2.45, 2.75) is 37.1 Å². The molecule has 0 spiro atoms. The molecule has 5 heteroatoms. The SMILES string of the molecule is CCCn1ccnc(SC(C)CO)c1=O. The van der Waals surface area contributed by atoms with E-state index in [1.807, 2.05) is 13.8 Å². The highest BCUT2D eigenvalue weighted by Gasteiger charge is 2.09. The van der Waals surface area contributed by atoms with E-state index in [0.29, 0.717) is 11.6 Å². The Morgan fingerprint density at radius 2 is 2.40 bits per heavy atom. The van der Waals surface area contributed by atoms with Crippen LogP contribution in [0.1, 0.15) is 20.3 Å². The maximum Gasteiger partial charge on any atom is 0.283 e. The number of thioether (sulfide) groups is 1. The van der Waals surface area contributed by atoms with Gasteiger partial charge in [0, 0.05) is 24.2 Å². The van der Waals surface area contributed by atoms with Crippen LogP contribution < -0.4 is 5.56 Å². The van der Waals surface area contributed by atoms with E-state index in [2.05, 4.69) is 4.98 Å². The summed E-state index contributed by atoms with van der Waals surface area (Å²) >= 11 is 1.32. The molecule has 0 aliphatic heterocycles. The van der Waals surface area contributed by atoms with Gasteiger partial charge in [-0.15, -0.1) is 0 Å². The molecule has 1 heterocycles. The lowest BCUT2D eigenvalue weighted by Gasteiger charge is -2.08. The number of nitrogens with zero attached hydrogens (tertiary/aromatic N) is 2. The molecule has 84 valence electrons. The lowest BCUT2D eigenvalue weighted by molar-refractivity contribution is 0.300. The molecule has 0 aliphatic carbocycles. The molecule has 1 atom stereocenters. The lowest BCUT2D eigenvalue weighted by atomic mass is 10.5. The Labute approximate surface area is 93.3 Å². The number of hydrogen-bond acceptors (Lipinski definition) is 4. The van der Waals surface area contributed by atoms with Crippen molar-refractivity contribution in [2.24, 2.45) is 0 Å². The van der Waals surface area contributed by atoms with Gasteiger partial charge in [0.25, 0.3) is 5.56 Å². The zero-order valence-corrected chi connectivity index (χ0v) is 9.83. The van der Waals surface area contributed by atoms with Gasteiger partial charge in [-0.3, -0.25) is 4.79 Å². The van der Waals surface area contributed by atoms with Crippen LogP contribution >= 0.6 is 11.8 Å². The van der Waals surface area contributed by atoms with E-state index >= 15 is 0 Å². The van der Waals surface area contributed by atoms with Crippen LogP contribution in [-0.2, 0) is 6.54 Å². The maximum atomic E-state index is 11.8. The first kappa shape index (κ1) is 12.3. The van der Waals surface area contributed by atoms with Crippen LogP contribution in [0.15, 0.2) is 22.2 Å². The monoisotopic (exact) mass is 228 g/mol. The molecule has 1 N–H and O–H groups in total. The van der Waals surface area contributed by atoms with E-state index in [9.17, 15) is 4.79 Å². The molecular formula is C10H16N2O2S. The Morgan fingerprint density at radius 1 is 1.67 bits per heavy atom. The van der Waals surface area contributed by atoms with Crippen molar-refractivity contribution < 1.29 is 5.11 Å². The summed E-state index contributed by atoms with van der Waals surface area (Å²) in [6.45, 7) is 4.65. The third kappa shape index (κ3) is 3.35. The molecule has 0 saturated heterocycles. The molecule has 4 nitrogen and oxygen atoms in total. The minimum Gasteiger partial charge on any atom is -0.395 e. The molecule has 0 aliphatic rings. The average molecular weight is 228 g/mol. The van der Waals surface area contributed by atoms with Crippen LogP contribution in [0.3, 0.4) is 0 Å². The fraction of sp³-hybridized carbons (Fsp3) is 0.600. The van der Waals surface area contributed by atoms with Gasteiger partial charge in [0.2, 0.25) is 0 Å². The van der Waals surface area contributed by atoms with Crippen molar-refractivity contribution in [3.05, 3.63) is 22.7 Å². The summed E-state index contributed by atoms with van der Waals surface area (Å²) in [5, 5.41) is 9.37. The summed E-state index contributed by atoms with van der Waals surface area (Å²) in [7, 11) is 0. The summed E-state index contributed by atoms with van der Waals surface area (Å²) in [4.78, 5) is 15.8. The third-order valence-corrected chi connectivity index (χ3v) is 2.97. The van der Waals surface area contributed by atoms with Crippen LogP contribution in [0.2, 0.25) is 0 Å². The molecule has 1 aromatic heterocycles. The topological polar surface area (TPSA) is 55.1 Å². The molecule has 0 radical (unpaired) electrons. The second-order valence-electron chi connectivity index (χ2n) is 3.34. The summed E-state index contributed by atoms with van der Waals surface area (Å²) in [6.07, 6.45) is 4.24. The minimum atomic E-state index is -0.0651.